The zero-order chi connectivity index (χ0) is 18.2. The van der Waals surface area contributed by atoms with E-state index in [1.54, 1.807) is 7.11 Å². The average molecular weight is 355 g/mol. The molecule has 1 saturated heterocycles. The lowest BCUT2D eigenvalue weighted by atomic mass is 9.91. The zero-order valence-corrected chi connectivity index (χ0v) is 15.6. The summed E-state index contributed by atoms with van der Waals surface area (Å²) in [6.07, 6.45) is 5.83. The van der Waals surface area contributed by atoms with Gasteiger partial charge in [-0.1, -0.05) is 24.3 Å². The quantitative estimate of drug-likeness (QED) is 0.740. The third-order valence-corrected chi connectivity index (χ3v) is 5.23. The van der Waals surface area contributed by atoms with Gasteiger partial charge >= 0.3 is 0 Å². The number of likely N-dealkylation sites (tertiary alicyclic amines) is 1. The summed E-state index contributed by atoms with van der Waals surface area (Å²) in [5, 5.41) is 4.11. The highest BCUT2D eigenvalue weighted by Gasteiger charge is 2.20. The molecule has 1 fully saturated rings. The van der Waals surface area contributed by atoms with Gasteiger partial charge in [0.05, 0.1) is 12.1 Å². The van der Waals surface area contributed by atoms with Crippen molar-refractivity contribution >= 4 is 16.8 Å². The number of benzene rings is 1. The number of hydrogen-bond acceptors (Lipinski definition) is 4. The van der Waals surface area contributed by atoms with E-state index in [1.165, 1.54) is 23.8 Å². The Labute approximate surface area is 155 Å². The number of carbonyl (C=O) groups excluding carboxylic acids is 1. The predicted octanol–water partition coefficient (Wildman–Crippen LogP) is 2.99. The Hall–Kier alpha value is -1.98. The monoisotopic (exact) mass is 355 g/mol. The van der Waals surface area contributed by atoms with Crippen molar-refractivity contribution < 1.29 is 9.53 Å². The summed E-state index contributed by atoms with van der Waals surface area (Å²) in [7, 11) is 1.65. The van der Waals surface area contributed by atoms with Gasteiger partial charge in [0.25, 0.3) is 0 Å². The van der Waals surface area contributed by atoms with Crippen LogP contribution in [0, 0.1) is 5.92 Å². The van der Waals surface area contributed by atoms with Crippen LogP contribution in [-0.4, -0.2) is 49.1 Å². The topological polar surface area (TPSA) is 54.5 Å². The SMILES string of the molecule is COCCNC(=O)CCC1CCN(Cc2cccc3cccnc23)CC1. The van der Waals surface area contributed by atoms with Crippen LogP contribution in [0.3, 0.4) is 0 Å². The molecule has 0 radical (unpaired) electrons. The molecule has 5 nitrogen and oxygen atoms in total. The van der Waals surface area contributed by atoms with Gasteiger partial charge in [-0.2, -0.15) is 0 Å². The maximum atomic E-state index is 11.8. The smallest absolute Gasteiger partial charge is 0.220 e. The van der Waals surface area contributed by atoms with Crippen LogP contribution in [0.5, 0.6) is 0 Å². The van der Waals surface area contributed by atoms with Gasteiger partial charge in [0.2, 0.25) is 5.91 Å². The molecule has 2 heterocycles. The molecule has 140 valence electrons. The minimum atomic E-state index is 0.145. The summed E-state index contributed by atoms with van der Waals surface area (Å²) in [5.74, 6) is 0.802. The highest BCUT2D eigenvalue weighted by Crippen LogP contribution is 2.24. The summed E-state index contributed by atoms with van der Waals surface area (Å²) in [5.41, 5.74) is 2.42. The van der Waals surface area contributed by atoms with Crippen LogP contribution >= 0.6 is 0 Å². The fourth-order valence-electron chi connectivity index (χ4n) is 3.69. The van der Waals surface area contributed by atoms with Gasteiger partial charge in [-0.3, -0.25) is 14.7 Å². The van der Waals surface area contributed by atoms with Gasteiger partial charge in [0.1, 0.15) is 0 Å². The van der Waals surface area contributed by atoms with E-state index in [1.807, 2.05) is 12.3 Å². The second-order valence-electron chi connectivity index (χ2n) is 7.09. The van der Waals surface area contributed by atoms with E-state index in [0.717, 1.165) is 31.6 Å². The molecule has 1 N–H and O–H groups in total. The van der Waals surface area contributed by atoms with E-state index in [4.69, 9.17) is 4.74 Å². The molecule has 0 spiro atoms. The Morgan fingerprint density at radius 3 is 2.88 bits per heavy atom. The van der Waals surface area contributed by atoms with Crippen molar-refractivity contribution in [2.24, 2.45) is 5.92 Å². The number of para-hydroxylation sites is 1. The number of piperidine rings is 1. The molecule has 0 bridgehead atoms. The van der Waals surface area contributed by atoms with Gasteiger partial charge in [-0.05, 0) is 49.9 Å². The molecule has 0 atom stereocenters. The number of fused-ring (bicyclic) bond motifs is 1. The van der Waals surface area contributed by atoms with Gasteiger partial charge in [-0.25, -0.2) is 0 Å². The molecule has 0 unspecified atom stereocenters. The van der Waals surface area contributed by atoms with Crippen molar-refractivity contribution in [1.29, 1.82) is 0 Å². The largest absolute Gasteiger partial charge is 0.383 e. The minimum absolute atomic E-state index is 0.145. The second-order valence-corrected chi connectivity index (χ2v) is 7.09. The number of pyridine rings is 1. The number of nitrogens with one attached hydrogen (secondary N) is 1. The number of ether oxygens (including phenoxy) is 1. The van der Waals surface area contributed by atoms with E-state index in [0.29, 0.717) is 25.5 Å². The van der Waals surface area contributed by atoms with Gasteiger partial charge in [0.15, 0.2) is 0 Å². The van der Waals surface area contributed by atoms with E-state index in [9.17, 15) is 4.79 Å². The van der Waals surface area contributed by atoms with Crippen LogP contribution in [0.4, 0.5) is 0 Å². The number of rotatable bonds is 8. The molecule has 26 heavy (non-hydrogen) atoms. The Kier molecular flexibility index (Phi) is 6.97. The average Bonchev–Trinajstić information content (AvgIpc) is 2.68. The van der Waals surface area contributed by atoms with Gasteiger partial charge in [-0.15, -0.1) is 0 Å². The van der Waals surface area contributed by atoms with E-state index in [-0.39, 0.29) is 5.91 Å². The molecule has 1 aliphatic heterocycles. The molecule has 0 aliphatic carbocycles. The van der Waals surface area contributed by atoms with Crippen LogP contribution in [0.1, 0.15) is 31.2 Å². The lowest BCUT2D eigenvalue weighted by Gasteiger charge is -2.32. The highest BCUT2D eigenvalue weighted by atomic mass is 16.5. The normalized spacial score (nSPS) is 16.0. The lowest BCUT2D eigenvalue weighted by Crippen LogP contribution is -2.34. The molecule has 1 aliphatic rings. The number of aromatic nitrogens is 1. The Morgan fingerprint density at radius 2 is 2.08 bits per heavy atom. The summed E-state index contributed by atoms with van der Waals surface area (Å²) in [6, 6.07) is 10.5. The Bertz CT molecular complexity index is 706. The zero-order valence-electron chi connectivity index (χ0n) is 15.6. The predicted molar refractivity (Wildman–Crippen MR) is 104 cm³/mol. The second kappa shape index (κ2) is 9.64. The van der Waals surface area contributed by atoms with Crippen LogP contribution < -0.4 is 5.32 Å². The summed E-state index contributed by atoms with van der Waals surface area (Å²) in [4.78, 5) is 18.9. The Morgan fingerprint density at radius 1 is 1.27 bits per heavy atom. The molecule has 1 amide bonds. The maximum absolute atomic E-state index is 11.8. The van der Waals surface area contributed by atoms with E-state index >= 15 is 0 Å². The molecule has 0 saturated carbocycles. The van der Waals surface area contributed by atoms with Crippen molar-refractivity contribution in [3.8, 4) is 0 Å². The van der Waals surface area contributed by atoms with Crippen molar-refractivity contribution in [2.45, 2.75) is 32.2 Å². The minimum Gasteiger partial charge on any atom is -0.383 e. The van der Waals surface area contributed by atoms with Crippen LogP contribution in [-0.2, 0) is 16.1 Å². The molecule has 2 aromatic rings. The van der Waals surface area contributed by atoms with E-state index < -0.39 is 0 Å². The summed E-state index contributed by atoms with van der Waals surface area (Å²) < 4.78 is 4.95. The molecule has 5 heteroatoms. The number of methoxy groups -OCH3 is 1. The molecule has 3 rings (SSSR count). The highest BCUT2D eigenvalue weighted by molar-refractivity contribution is 5.81. The standard InChI is InChI=1S/C21H29N3O2/c1-26-15-12-22-20(25)8-7-17-9-13-24(14-10-17)16-19-5-2-4-18-6-3-11-23-21(18)19/h2-6,11,17H,7-10,12-16H2,1H3,(H,22,25). The van der Waals surface area contributed by atoms with Crippen molar-refractivity contribution in [2.75, 3.05) is 33.4 Å². The van der Waals surface area contributed by atoms with Crippen LogP contribution in [0.25, 0.3) is 10.9 Å². The van der Waals surface area contributed by atoms with Crippen LogP contribution in [0.2, 0.25) is 0 Å². The summed E-state index contributed by atoms with van der Waals surface area (Å²) in [6.45, 7) is 4.33. The fraction of sp³-hybridized carbons (Fsp3) is 0.524. The van der Waals surface area contributed by atoms with Gasteiger partial charge < -0.3 is 10.1 Å². The molecular weight excluding hydrogens is 326 g/mol. The first kappa shape index (κ1) is 18.8. The third kappa shape index (κ3) is 5.26. The maximum Gasteiger partial charge on any atom is 0.220 e. The summed E-state index contributed by atoms with van der Waals surface area (Å²) >= 11 is 0. The first-order valence-electron chi connectivity index (χ1n) is 9.57. The molecular formula is C21H29N3O2. The van der Waals surface area contributed by atoms with E-state index in [2.05, 4.69) is 39.5 Å². The lowest BCUT2D eigenvalue weighted by molar-refractivity contribution is -0.121. The van der Waals surface area contributed by atoms with Gasteiger partial charge in [0, 0.05) is 38.2 Å². The number of hydrogen-bond donors (Lipinski definition) is 1. The van der Waals surface area contributed by atoms with Crippen LogP contribution in [0.15, 0.2) is 36.5 Å². The Balaban J connectivity index is 1.43. The first-order chi connectivity index (χ1) is 12.8. The van der Waals surface area contributed by atoms with Crippen molar-refractivity contribution in [3.63, 3.8) is 0 Å². The number of amides is 1. The third-order valence-electron chi connectivity index (χ3n) is 5.23. The fourth-order valence-corrected chi connectivity index (χ4v) is 3.69. The van der Waals surface area contributed by atoms with Crippen molar-refractivity contribution in [3.05, 3.63) is 42.1 Å². The first-order valence-corrected chi connectivity index (χ1v) is 9.57. The molecule has 1 aromatic heterocycles. The molecule has 1 aromatic carbocycles. The van der Waals surface area contributed by atoms with Crippen molar-refractivity contribution in [1.82, 2.24) is 15.2 Å². The number of nitrogens with zero attached hydrogens (tertiary/aromatic N) is 2. The number of carbonyl (C=O) groups is 1.